The molecule has 2 aromatic heterocycles. The molecule has 0 saturated carbocycles. The Kier molecular flexibility index (Phi) is 3.86. The van der Waals surface area contributed by atoms with Crippen LogP contribution in [-0.2, 0) is 22.5 Å². The predicted molar refractivity (Wildman–Crippen MR) is 113 cm³/mol. The summed E-state index contributed by atoms with van der Waals surface area (Å²) in [6.07, 6.45) is 6.36. The average molecular weight is 370 g/mol. The third-order valence-corrected chi connectivity index (χ3v) is 5.85. The summed E-state index contributed by atoms with van der Waals surface area (Å²) in [6, 6.07) is 14.5. The fourth-order valence-electron chi connectivity index (χ4n) is 4.53. The Hall–Kier alpha value is -3.27. The van der Waals surface area contributed by atoms with Gasteiger partial charge in [0.25, 0.3) is 0 Å². The quantitative estimate of drug-likeness (QED) is 0.399. The smallest absolute Gasteiger partial charge is 0.338 e. The van der Waals surface area contributed by atoms with Crippen LogP contribution < -0.4 is 0 Å². The van der Waals surface area contributed by atoms with E-state index in [-0.39, 0.29) is 5.97 Å². The summed E-state index contributed by atoms with van der Waals surface area (Å²) >= 11 is 0. The lowest BCUT2D eigenvalue weighted by Crippen LogP contribution is -2.06. The van der Waals surface area contributed by atoms with E-state index in [9.17, 15) is 4.79 Å². The minimum absolute atomic E-state index is 0.311. The number of hydrogen-bond donors (Lipinski definition) is 1. The number of rotatable bonds is 3. The zero-order chi connectivity index (χ0) is 19.3. The van der Waals surface area contributed by atoms with Crippen LogP contribution in [0.4, 0.5) is 0 Å². The highest BCUT2D eigenvalue weighted by atomic mass is 16.5. The number of ether oxygens (including phenoxy) is 1. The van der Waals surface area contributed by atoms with Gasteiger partial charge in [0, 0.05) is 46.4 Å². The fourth-order valence-corrected chi connectivity index (χ4v) is 4.53. The highest BCUT2D eigenvalue weighted by Gasteiger charge is 2.23. The Balaban J connectivity index is 1.81. The highest BCUT2D eigenvalue weighted by molar-refractivity contribution is 6.28. The second kappa shape index (κ2) is 6.41. The summed E-state index contributed by atoms with van der Waals surface area (Å²) in [5.41, 5.74) is 7.23. The molecule has 0 amide bonds. The Labute approximate surface area is 163 Å². The number of benzene rings is 2. The first-order chi connectivity index (χ1) is 13.7. The van der Waals surface area contributed by atoms with Gasteiger partial charge < -0.3 is 14.3 Å². The first-order valence-corrected chi connectivity index (χ1v) is 9.66. The Morgan fingerprint density at radius 3 is 2.75 bits per heavy atom. The molecule has 4 heteroatoms. The maximum absolute atomic E-state index is 12.9. The molecule has 0 aliphatic carbocycles. The Morgan fingerprint density at radius 1 is 1.07 bits per heavy atom. The van der Waals surface area contributed by atoms with Crippen LogP contribution in [-0.4, -0.2) is 22.6 Å². The van der Waals surface area contributed by atoms with Gasteiger partial charge in [0.05, 0.1) is 18.2 Å². The molecule has 4 nitrogen and oxygen atoms in total. The summed E-state index contributed by atoms with van der Waals surface area (Å²) in [5, 5.41) is 2.23. The number of H-pyrrole nitrogens is 1. The molecule has 4 aromatic rings. The van der Waals surface area contributed by atoms with E-state index in [1.165, 1.54) is 23.6 Å². The number of para-hydroxylation sites is 2. The molecular weight excluding hydrogens is 348 g/mol. The number of aromatic nitrogens is 2. The zero-order valence-corrected chi connectivity index (χ0v) is 16.1. The van der Waals surface area contributed by atoms with Crippen molar-refractivity contribution in [1.82, 2.24) is 9.55 Å². The van der Waals surface area contributed by atoms with Crippen molar-refractivity contribution in [2.45, 2.75) is 26.3 Å². The molecule has 0 unspecified atom stereocenters. The Bertz CT molecular complexity index is 1260. The molecule has 0 bridgehead atoms. The van der Waals surface area contributed by atoms with Crippen molar-refractivity contribution < 1.29 is 9.53 Å². The van der Waals surface area contributed by atoms with Crippen molar-refractivity contribution in [3.05, 3.63) is 71.5 Å². The van der Waals surface area contributed by atoms with E-state index >= 15 is 0 Å². The molecule has 5 rings (SSSR count). The molecule has 0 radical (unpaired) electrons. The van der Waals surface area contributed by atoms with E-state index in [2.05, 4.69) is 33.9 Å². The number of aromatic amines is 1. The van der Waals surface area contributed by atoms with Crippen molar-refractivity contribution in [3.63, 3.8) is 0 Å². The van der Waals surface area contributed by atoms with E-state index in [1.54, 1.807) is 0 Å². The first-order valence-electron chi connectivity index (χ1n) is 9.66. The molecule has 2 aromatic carbocycles. The van der Waals surface area contributed by atoms with Crippen LogP contribution >= 0.6 is 0 Å². The van der Waals surface area contributed by atoms with Crippen molar-refractivity contribution >= 4 is 38.9 Å². The number of carbonyl (C=O) groups excluding carboxylic acids is 1. The van der Waals surface area contributed by atoms with Crippen LogP contribution in [0.5, 0.6) is 0 Å². The number of carbonyl (C=O) groups is 1. The number of fused-ring (bicyclic) bond motifs is 1. The number of aryl methyl sites for hydroxylation is 2. The van der Waals surface area contributed by atoms with Crippen molar-refractivity contribution in [2.24, 2.45) is 0 Å². The van der Waals surface area contributed by atoms with Gasteiger partial charge in [-0.1, -0.05) is 36.4 Å². The molecule has 0 saturated heterocycles. The molecule has 1 aliphatic heterocycles. The number of nitrogens with one attached hydrogen (secondary N) is 1. The minimum atomic E-state index is -0.311. The Morgan fingerprint density at radius 2 is 1.89 bits per heavy atom. The van der Waals surface area contributed by atoms with Crippen LogP contribution in [0.2, 0.25) is 0 Å². The zero-order valence-electron chi connectivity index (χ0n) is 16.1. The van der Waals surface area contributed by atoms with Crippen molar-refractivity contribution in [1.29, 1.82) is 0 Å². The maximum Gasteiger partial charge on any atom is 0.338 e. The first kappa shape index (κ1) is 16.9. The van der Waals surface area contributed by atoms with Gasteiger partial charge in [0.1, 0.15) is 0 Å². The van der Waals surface area contributed by atoms with Crippen LogP contribution in [0.1, 0.15) is 30.0 Å². The number of nitrogens with zero attached hydrogens (tertiary/aromatic N) is 1. The summed E-state index contributed by atoms with van der Waals surface area (Å²) in [7, 11) is 1.44. The predicted octanol–water partition coefficient (Wildman–Crippen LogP) is 5.17. The molecule has 1 N–H and O–H groups in total. The standard InChI is InChI=1S/C24H22N2O2/c1-15(20-14-26-12-6-8-16-7-5-10-18(20)23(16)26)22(24(27)28-2)19-13-25-21-11-4-3-9-17(19)21/h3-5,7,9-11,13-14,25H,6,8,12H2,1-2H3/b22-15+. The molecule has 0 atom stereocenters. The fraction of sp³-hybridized carbons (Fsp3) is 0.208. The third kappa shape index (κ3) is 2.41. The molecule has 0 fully saturated rings. The van der Waals surface area contributed by atoms with E-state index in [0.717, 1.165) is 47.0 Å². The topological polar surface area (TPSA) is 47.0 Å². The van der Waals surface area contributed by atoms with Crippen molar-refractivity contribution in [2.75, 3.05) is 7.11 Å². The number of methoxy groups -OCH3 is 1. The molecule has 140 valence electrons. The van der Waals surface area contributed by atoms with E-state index in [4.69, 9.17) is 4.74 Å². The highest BCUT2D eigenvalue weighted by Crippen LogP contribution is 2.37. The summed E-state index contributed by atoms with van der Waals surface area (Å²) in [6.45, 7) is 3.04. The van der Waals surface area contributed by atoms with E-state index < -0.39 is 0 Å². The lowest BCUT2D eigenvalue weighted by Gasteiger charge is -2.14. The van der Waals surface area contributed by atoms with Crippen LogP contribution in [0, 0.1) is 0 Å². The molecule has 0 spiro atoms. The number of hydrogen-bond acceptors (Lipinski definition) is 2. The molecular formula is C24H22N2O2. The van der Waals surface area contributed by atoms with Crippen LogP contribution in [0.25, 0.3) is 33.0 Å². The van der Waals surface area contributed by atoms with Crippen LogP contribution in [0.3, 0.4) is 0 Å². The molecule has 3 heterocycles. The van der Waals surface area contributed by atoms with Gasteiger partial charge in [-0.05, 0) is 37.0 Å². The monoisotopic (exact) mass is 370 g/mol. The molecule has 1 aliphatic rings. The SMILES string of the molecule is COC(=O)/C(=C(\C)c1cn2c3c(cccc13)CCC2)c1c[nH]c2ccccc12. The number of esters is 1. The maximum atomic E-state index is 12.9. The normalized spacial score (nSPS) is 14.4. The van der Waals surface area contributed by atoms with Gasteiger partial charge >= 0.3 is 5.97 Å². The van der Waals surface area contributed by atoms with E-state index in [1.807, 2.05) is 37.4 Å². The summed E-state index contributed by atoms with van der Waals surface area (Å²) in [5.74, 6) is -0.311. The third-order valence-electron chi connectivity index (χ3n) is 5.85. The number of allylic oxidation sites excluding steroid dienone is 1. The van der Waals surface area contributed by atoms with Gasteiger partial charge in [-0.25, -0.2) is 4.79 Å². The van der Waals surface area contributed by atoms with Gasteiger partial charge in [0.15, 0.2) is 0 Å². The van der Waals surface area contributed by atoms with Gasteiger partial charge in [0.2, 0.25) is 0 Å². The van der Waals surface area contributed by atoms with Gasteiger partial charge in [-0.2, -0.15) is 0 Å². The molecule has 28 heavy (non-hydrogen) atoms. The lowest BCUT2D eigenvalue weighted by atomic mass is 9.94. The lowest BCUT2D eigenvalue weighted by molar-refractivity contribution is -0.133. The second-order valence-corrected chi connectivity index (χ2v) is 7.39. The van der Waals surface area contributed by atoms with Crippen molar-refractivity contribution in [3.8, 4) is 0 Å². The van der Waals surface area contributed by atoms with E-state index in [0.29, 0.717) is 5.57 Å². The van der Waals surface area contributed by atoms with Gasteiger partial charge in [-0.3, -0.25) is 0 Å². The largest absolute Gasteiger partial charge is 0.465 e. The van der Waals surface area contributed by atoms with Crippen LogP contribution in [0.15, 0.2) is 54.9 Å². The van der Waals surface area contributed by atoms with Gasteiger partial charge in [-0.15, -0.1) is 0 Å². The minimum Gasteiger partial charge on any atom is -0.465 e. The summed E-state index contributed by atoms with van der Waals surface area (Å²) < 4.78 is 7.52. The summed E-state index contributed by atoms with van der Waals surface area (Å²) in [4.78, 5) is 16.1. The second-order valence-electron chi connectivity index (χ2n) is 7.39. The average Bonchev–Trinajstić information content (AvgIpc) is 3.32.